The molecule has 41 heavy (non-hydrogen) atoms. The standard InChI is InChI=1S/C35H44ClFN2O2/c1-8-10-27(19-20-38-9-2)28-14-18-32(41-7)29(21-28)22-39(30-15-11-23(3)12-16-30)35(40)26(6)34(36)33-25(5)24(4)13-17-31(33)37/h8,10,13-14,17-21,23,30H,9,11-12,15-16,22H2,1-7H3/b10-8-,27-19+,34-26-,38-20?. The zero-order chi connectivity index (χ0) is 30.1. The van der Waals surface area contributed by atoms with Crippen molar-refractivity contribution in [2.45, 2.75) is 79.8 Å². The van der Waals surface area contributed by atoms with Crippen LogP contribution in [-0.4, -0.2) is 36.7 Å². The maximum absolute atomic E-state index is 15.0. The highest BCUT2D eigenvalue weighted by atomic mass is 35.5. The second-order valence-electron chi connectivity index (χ2n) is 10.9. The first kappa shape index (κ1) is 32.3. The second-order valence-corrected chi connectivity index (χ2v) is 11.3. The van der Waals surface area contributed by atoms with Gasteiger partial charge in [0.05, 0.1) is 12.1 Å². The average Bonchev–Trinajstić information content (AvgIpc) is 2.97. The highest BCUT2D eigenvalue weighted by Crippen LogP contribution is 2.35. The Morgan fingerprint density at radius 2 is 1.88 bits per heavy atom. The normalized spacial score (nSPS) is 18.6. The van der Waals surface area contributed by atoms with Crippen LogP contribution in [0, 0.1) is 25.6 Å². The van der Waals surface area contributed by atoms with Crippen LogP contribution in [0.4, 0.5) is 4.39 Å². The van der Waals surface area contributed by atoms with E-state index in [1.165, 1.54) is 6.07 Å². The number of ether oxygens (including phenoxy) is 1. The molecule has 0 N–H and O–H groups in total. The summed E-state index contributed by atoms with van der Waals surface area (Å²) in [6, 6.07) is 9.25. The topological polar surface area (TPSA) is 41.9 Å². The second kappa shape index (κ2) is 15.2. The van der Waals surface area contributed by atoms with Crippen molar-refractivity contribution in [1.82, 2.24) is 4.90 Å². The summed E-state index contributed by atoms with van der Waals surface area (Å²) in [6.45, 7) is 12.8. The SMILES string of the molecule is C/C=C\C(=C/C=NCC)c1ccc(OC)c(CN(C(=O)/C(C)=C(\Cl)c2c(F)ccc(C)c2C)C2CCC(C)CC2)c1. The van der Waals surface area contributed by atoms with E-state index in [2.05, 4.69) is 18.0 Å². The molecule has 3 rings (SSSR count). The highest BCUT2D eigenvalue weighted by molar-refractivity contribution is 6.51. The Hall–Kier alpha value is -3.18. The van der Waals surface area contributed by atoms with Crippen molar-refractivity contribution in [2.24, 2.45) is 10.9 Å². The first-order valence-corrected chi connectivity index (χ1v) is 14.9. The van der Waals surface area contributed by atoms with Crippen molar-refractivity contribution >= 4 is 34.3 Å². The molecule has 0 atom stereocenters. The van der Waals surface area contributed by atoms with Crippen LogP contribution in [0.25, 0.3) is 10.6 Å². The predicted molar refractivity (Wildman–Crippen MR) is 171 cm³/mol. The lowest BCUT2D eigenvalue weighted by molar-refractivity contribution is -0.130. The largest absolute Gasteiger partial charge is 0.496 e. The van der Waals surface area contributed by atoms with E-state index in [1.54, 1.807) is 20.1 Å². The molecule has 0 radical (unpaired) electrons. The Balaban J connectivity index is 2.09. The van der Waals surface area contributed by atoms with Gasteiger partial charge >= 0.3 is 0 Å². The quantitative estimate of drug-likeness (QED) is 0.160. The Morgan fingerprint density at radius 1 is 1.17 bits per heavy atom. The summed E-state index contributed by atoms with van der Waals surface area (Å²) < 4.78 is 20.7. The third kappa shape index (κ3) is 7.97. The number of amides is 1. The van der Waals surface area contributed by atoms with Gasteiger partial charge in [-0.1, -0.05) is 42.8 Å². The molecule has 220 valence electrons. The van der Waals surface area contributed by atoms with Gasteiger partial charge in [0.15, 0.2) is 0 Å². The lowest BCUT2D eigenvalue weighted by atomic mass is 9.86. The number of carbonyl (C=O) groups excluding carboxylic acids is 1. The van der Waals surface area contributed by atoms with E-state index in [9.17, 15) is 9.18 Å². The van der Waals surface area contributed by atoms with E-state index in [1.807, 2.05) is 69.2 Å². The van der Waals surface area contributed by atoms with Crippen molar-refractivity contribution in [2.75, 3.05) is 13.7 Å². The van der Waals surface area contributed by atoms with E-state index >= 15 is 0 Å². The Kier molecular flexibility index (Phi) is 12.0. The molecule has 2 aromatic rings. The molecule has 4 nitrogen and oxygen atoms in total. The van der Waals surface area contributed by atoms with Gasteiger partial charge in [-0.3, -0.25) is 9.79 Å². The van der Waals surface area contributed by atoms with Gasteiger partial charge in [0.1, 0.15) is 11.6 Å². The maximum Gasteiger partial charge on any atom is 0.251 e. The van der Waals surface area contributed by atoms with Gasteiger partial charge in [0, 0.05) is 42.0 Å². The van der Waals surface area contributed by atoms with Crippen LogP contribution in [-0.2, 0) is 11.3 Å². The summed E-state index contributed by atoms with van der Waals surface area (Å²) in [5.41, 5.74) is 5.23. The molecular formula is C35H44ClFN2O2. The molecule has 0 unspecified atom stereocenters. The first-order chi connectivity index (χ1) is 19.6. The number of carbonyl (C=O) groups is 1. The summed E-state index contributed by atoms with van der Waals surface area (Å²) in [6.07, 6.45) is 11.8. The Bertz CT molecular complexity index is 1350. The molecule has 1 fully saturated rings. The lowest BCUT2D eigenvalue weighted by Gasteiger charge is -2.37. The summed E-state index contributed by atoms with van der Waals surface area (Å²) in [5, 5.41) is 0.164. The van der Waals surface area contributed by atoms with E-state index < -0.39 is 5.82 Å². The molecule has 1 saturated carbocycles. The van der Waals surface area contributed by atoms with Gasteiger partial charge in [-0.05, 0) is 113 Å². The van der Waals surface area contributed by atoms with Gasteiger partial charge in [-0.2, -0.15) is 0 Å². The van der Waals surface area contributed by atoms with Crippen molar-refractivity contribution in [3.8, 4) is 5.75 Å². The minimum Gasteiger partial charge on any atom is -0.496 e. The number of rotatable bonds is 10. The van der Waals surface area contributed by atoms with E-state index in [0.717, 1.165) is 53.5 Å². The number of aliphatic imine (C=N–C) groups is 1. The Labute approximate surface area is 250 Å². The molecule has 0 spiro atoms. The molecule has 0 heterocycles. The zero-order valence-electron chi connectivity index (χ0n) is 25.6. The van der Waals surface area contributed by atoms with Crippen LogP contribution < -0.4 is 4.74 Å². The fourth-order valence-corrected chi connectivity index (χ4v) is 5.71. The van der Waals surface area contributed by atoms with Crippen LogP contribution >= 0.6 is 11.6 Å². The monoisotopic (exact) mass is 578 g/mol. The molecule has 0 aromatic heterocycles. The molecule has 0 aliphatic heterocycles. The van der Waals surface area contributed by atoms with Crippen molar-refractivity contribution in [3.05, 3.63) is 87.8 Å². The molecular weight excluding hydrogens is 535 g/mol. The molecule has 2 aromatic carbocycles. The third-order valence-electron chi connectivity index (χ3n) is 8.08. The number of halogens is 2. The van der Waals surface area contributed by atoms with Crippen LogP contribution in [0.2, 0.25) is 0 Å². The summed E-state index contributed by atoms with van der Waals surface area (Å²) >= 11 is 6.80. The number of hydrogen-bond acceptors (Lipinski definition) is 3. The maximum atomic E-state index is 15.0. The number of aryl methyl sites for hydroxylation is 1. The fraction of sp³-hybridized carbons (Fsp3) is 0.429. The molecule has 1 aliphatic rings. The van der Waals surface area contributed by atoms with Crippen molar-refractivity contribution in [3.63, 3.8) is 0 Å². The van der Waals surface area contributed by atoms with E-state index in [-0.39, 0.29) is 17.0 Å². The number of allylic oxidation sites excluding steroid dienone is 4. The number of hydrogen-bond donors (Lipinski definition) is 0. The van der Waals surface area contributed by atoms with Gasteiger partial charge in [-0.25, -0.2) is 4.39 Å². The lowest BCUT2D eigenvalue weighted by Crippen LogP contribution is -2.42. The Morgan fingerprint density at radius 3 is 2.51 bits per heavy atom. The minimum atomic E-state index is -0.424. The fourth-order valence-electron chi connectivity index (χ4n) is 5.40. The van der Waals surface area contributed by atoms with Gasteiger partial charge in [0.25, 0.3) is 5.91 Å². The first-order valence-electron chi connectivity index (χ1n) is 14.6. The van der Waals surface area contributed by atoms with E-state index in [4.69, 9.17) is 16.3 Å². The number of methoxy groups -OCH3 is 1. The van der Waals surface area contributed by atoms with Crippen LogP contribution in [0.15, 0.2) is 59.1 Å². The highest BCUT2D eigenvalue weighted by Gasteiger charge is 2.31. The summed E-state index contributed by atoms with van der Waals surface area (Å²) in [5.74, 6) is 0.740. The molecule has 6 heteroatoms. The van der Waals surface area contributed by atoms with Gasteiger partial charge in [0.2, 0.25) is 0 Å². The van der Waals surface area contributed by atoms with Gasteiger partial charge in [-0.15, -0.1) is 0 Å². The number of benzene rings is 2. The smallest absolute Gasteiger partial charge is 0.251 e. The summed E-state index contributed by atoms with van der Waals surface area (Å²) in [7, 11) is 1.65. The molecule has 1 aliphatic carbocycles. The van der Waals surface area contributed by atoms with Crippen molar-refractivity contribution in [1.29, 1.82) is 0 Å². The summed E-state index contributed by atoms with van der Waals surface area (Å²) in [4.78, 5) is 20.5. The average molecular weight is 579 g/mol. The van der Waals surface area contributed by atoms with Crippen LogP contribution in [0.5, 0.6) is 5.75 Å². The van der Waals surface area contributed by atoms with Crippen LogP contribution in [0.3, 0.4) is 0 Å². The minimum absolute atomic E-state index is 0.0529. The molecule has 0 bridgehead atoms. The van der Waals surface area contributed by atoms with Gasteiger partial charge < -0.3 is 9.64 Å². The predicted octanol–water partition coefficient (Wildman–Crippen LogP) is 9.08. The molecule has 1 amide bonds. The van der Waals surface area contributed by atoms with Crippen molar-refractivity contribution < 1.29 is 13.9 Å². The zero-order valence-corrected chi connectivity index (χ0v) is 26.3. The number of nitrogens with zero attached hydrogens (tertiary/aromatic N) is 2. The third-order valence-corrected chi connectivity index (χ3v) is 8.56. The van der Waals surface area contributed by atoms with Crippen LogP contribution in [0.1, 0.15) is 81.2 Å². The molecule has 0 saturated heterocycles. The van der Waals surface area contributed by atoms with E-state index in [0.29, 0.717) is 35.9 Å².